The van der Waals surface area contributed by atoms with E-state index in [1.807, 2.05) is 13.8 Å². The summed E-state index contributed by atoms with van der Waals surface area (Å²) in [7, 11) is 0. The van der Waals surface area contributed by atoms with Crippen molar-refractivity contribution in [3.8, 4) is 11.3 Å². The van der Waals surface area contributed by atoms with Crippen LogP contribution in [-0.4, -0.2) is 45.5 Å². The minimum absolute atomic E-state index is 0. The van der Waals surface area contributed by atoms with E-state index in [9.17, 15) is 4.79 Å². The van der Waals surface area contributed by atoms with E-state index >= 15 is 0 Å². The van der Waals surface area contributed by atoms with Gasteiger partial charge in [-0.1, -0.05) is 45.0 Å². The lowest BCUT2D eigenvalue weighted by atomic mass is 9.86. The largest absolute Gasteiger partial charge is 0.338 e. The van der Waals surface area contributed by atoms with Crippen molar-refractivity contribution in [2.45, 2.75) is 52.9 Å². The lowest BCUT2D eigenvalue weighted by Crippen LogP contribution is -2.40. The molecule has 0 bridgehead atoms. The Morgan fingerprint density at radius 2 is 1.77 bits per heavy atom. The van der Waals surface area contributed by atoms with Gasteiger partial charge < -0.3 is 15.2 Å². The van der Waals surface area contributed by atoms with Crippen molar-refractivity contribution in [3.63, 3.8) is 0 Å². The van der Waals surface area contributed by atoms with Crippen LogP contribution < -0.4 is 5.32 Å². The molecule has 2 N–H and O–H groups in total. The highest BCUT2D eigenvalue weighted by Gasteiger charge is 2.17. The lowest BCUT2D eigenvalue weighted by molar-refractivity contribution is 0.203. The molecule has 0 aliphatic carbocycles. The Balaban J connectivity index is 0.00000341. The van der Waals surface area contributed by atoms with Crippen LogP contribution in [0, 0.1) is 0 Å². The second-order valence-corrected chi connectivity index (χ2v) is 8.57. The topological polar surface area (TPSA) is 73.9 Å². The van der Waals surface area contributed by atoms with Crippen molar-refractivity contribution in [1.29, 1.82) is 0 Å². The molecule has 2 aromatic heterocycles. The molecule has 0 unspecified atom stereocenters. The number of urea groups is 1. The van der Waals surface area contributed by atoms with Crippen LogP contribution in [0.3, 0.4) is 0 Å². The number of H-pyrrole nitrogens is 1. The first kappa shape index (κ1) is 21.8. The first-order valence-electron chi connectivity index (χ1n) is 10.8. The smallest absolute Gasteiger partial charge is 0.317 e. The van der Waals surface area contributed by atoms with Crippen molar-refractivity contribution < 1.29 is 6.22 Å². The van der Waals surface area contributed by atoms with Crippen LogP contribution in [0.15, 0.2) is 36.7 Å². The van der Waals surface area contributed by atoms with Gasteiger partial charge in [-0.2, -0.15) is 0 Å². The van der Waals surface area contributed by atoms with E-state index in [0.717, 1.165) is 53.9 Å². The average Bonchev–Trinajstić information content (AvgIpc) is 3.10. The van der Waals surface area contributed by atoms with Crippen molar-refractivity contribution in [3.05, 3.63) is 47.8 Å². The summed E-state index contributed by atoms with van der Waals surface area (Å²) >= 11 is 0. The first-order valence-corrected chi connectivity index (χ1v) is 10.8. The summed E-state index contributed by atoms with van der Waals surface area (Å²) in [4.78, 5) is 26.4. The predicted molar refractivity (Wildman–Crippen MR) is 125 cm³/mol. The highest BCUT2D eigenvalue weighted by molar-refractivity contribution is 5.85. The number of fused-ring (bicyclic) bond motifs is 1. The number of carbonyl (C=O) groups excluding carboxylic acids is 1. The summed E-state index contributed by atoms with van der Waals surface area (Å²) in [5.74, 6) is 0. The van der Waals surface area contributed by atoms with Gasteiger partial charge in [0.1, 0.15) is 5.52 Å². The Morgan fingerprint density at radius 1 is 1.10 bits per heavy atom. The number of rotatable bonds is 7. The molecule has 2 amide bonds. The van der Waals surface area contributed by atoms with E-state index in [1.165, 1.54) is 5.56 Å². The van der Waals surface area contributed by atoms with Gasteiger partial charge in [0.05, 0.1) is 5.69 Å². The molecule has 0 spiro atoms. The Bertz CT molecular complexity index is 987. The maximum atomic E-state index is 12.2. The Kier molecular flexibility index (Phi) is 6.75. The van der Waals surface area contributed by atoms with Gasteiger partial charge >= 0.3 is 6.03 Å². The molecule has 1 aromatic carbocycles. The summed E-state index contributed by atoms with van der Waals surface area (Å²) in [6.07, 6.45) is 5.09. The molecule has 0 radical (unpaired) electrons. The van der Waals surface area contributed by atoms with E-state index in [-0.39, 0.29) is 12.9 Å². The van der Waals surface area contributed by atoms with Gasteiger partial charge in [-0.3, -0.25) is 4.98 Å². The number of hydrogen-bond acceptors (Lipinski definition) is 3. The third-order valence-electron chi connectivity index (χ3n) is 5.50. The van der Waals surface area contributed by atoms with E-state index in [2.05, 4.69) is 65.3 Å². The van der Waals surface area contributed by atoms with Crippen molar-refractivity contribution in [2.24, 2.45) is 0 Å². The van der Waals surface area contributed by atoms with Gasteiger partial charge in [0.25, 0.3) is 0 Å². The molecule has 0 saturated heterocycles. The molecular weight excluding hydrogens is 374 g/mol. The second-order valence-electron chi connectivity index (χ2n) is 8.57. The van der Waals surface area contributed by atoms with Crippen LogP contribution >= 0.6 is 0 Å². The molecule has 30 heavy (non-hydrogen) atoms. The summed E-state index contributed by atoms with van der Waals surface area (Å²) in [5.41, 5.74) is 6.47. The lowest BCUT2D eigenvalue weighted by Gasteiger charge is -2.19. The van der Waals surface area contributed by atoms with Gasteiger partial charge in [0.2, 0.25) is 0 Å². The monoisotopic (exact) mass is 409 g/mol. The fourth-order valence-corrected chi connectivity index (χ4v) is 3.67. The Morgan fingerprint density at radius 3 is 2.40 bits per heavy atom. The van der Waals surface area contributed by atoms with Crippen LogP contribution in [0.2, 0.25) is 0 Å². The number of hydrogen-bond donors (Lipinski definition) is 2. The maximum Gasteiger partial charge on any atom is 0.317 e. The number of nitrogens with zero attached hydrogens (tertiary/aromatic N) is 3. The molecule has 0 atom stereocenters. The number of amides is 2. The predicted octanol–water partition coefficient (Wildman–Crippen LogP) is 5.15. The molecule has 0 aliphatic heterocycles. The van der Waals surface area contributed by atoms with Crippen molar-refractivity contribution >= 4 is 17.2 Å². The second kappa shape index (κ2) is 9.28. The van der Waals surface area contributed by atoms with Crippen molar-refractivity contribution in [1.82, 2.24) is 25.2 Å². The van der Waals surface area contributed by atoms with Gasteiger partial charge in [-0.15, -0.1) is 0 Å². The normalized spacial score (nSPS) is 11.6. The molecule has 6 heteroatoms. The molecular formula is C24H35N5O. The number of nitrogens with one attached hydrogen (secondary N) is 2. The number of benzene rings is 1. The van der Waals surface area contributed by atoms with Gasteiger partial charge in [-0.05, 0) is 43.2 Å². The van der Waals surface area contributed by atoms with Crippen molar-refractivity contribution in [2.75, 3.05) is 19.6 Å². The van der Waals surface area contributed by atoms with Crippen LogP contribution in [-0.2, 0) is 11.8 Å². The molecule has 0 aliphatic rings. The zero-order valence-corrected chi connectivity index (χ0v) is 18.7. The highest BCUT2D eigenvalue weighted by Crippen LogP contribution is 2.31. The van der Waals surface area contributed by atoms with Crippen LogP contribution in [0.5, 0.6) is 0 Å². The number of aromatic nitrogens is 3. The quantitative estimate of drug-likeness (QED) is 0.530. The van der Waals surface area contributed by atoms with Crippen LogP contribution in [0.25, 0.3) is 22.4 Å². The van der Waals surface area contributed by atoms with E-state index in [0.29, 0.717) is 6.54 Å². The standard InChI is InChI=1S/C24H33N5O.H2/c1-6-29(7-2)23(30)27-14-8-9-19-20(28-22-21(19)25-15-16-26-22)17-10-12-18(13-11-17)24(3,4)5;/h10-13,15-16H,6-9,14H2,1-5H3,(H,26,28)(H,27,30);1H. The summed E-state index contributed by atoms with van der Waals surface area (Å²) in [6.45, 7) is 12.7. The molecule has 162 valence electrons. The highest BCUT2D eigenvalue weighted by atomic mass is 16.2. The number of aryl methyl sites for hydroxylation is 1. The molecule has 2 heterocycles. The SMILES string of the molecule is CCN(CC)C(=O)NCCCc1c(-c2ccc(C(C)(C)C)cc2)[nH]c2nccnc12.[HH]. The molecule has 0 saturated carbocycles. The first-order chi connectivity index (χ1) is 14.3. The maximum absolute atomic E-state index is 12.2. The van der Waals surface area contributed by atoms with Gasteiger partial charge in [0.15, 0.2) is 5.65 Å². The van der Waals surface area contributed by atoms with Gasteiger partial charge in [0, 0.05) is 39.0 Å². The third-order valence-corrected chi connectivity index (χ3v) is 5.50. The van der Waals surface area contributed by atoms with E-state index in [1.54, 1.807) is 17.3 Å². The Labute approximate surface area is 180 Å². The van der Waals surface area contributed by atoms with Gasteiger partial charge in [-0.25, -0.2) is 9.78 Å². The molecule has 0 fully saturated rings. The summed E-state index contributed by atoms with van der Waals surface area (Å²) < 4.78 is 0. The summed E-state index contributed by atoms with van der Waals surface area (Å²) in [5, 5.41) is 3.02. The number of carbonyl (C=O) groups is 1. The fraction of sp³-hybridized carbons (Fsp3) is 0.458. The minimum atomic E-state index is -0.00305. The van der Waals surface area contributed by atoms with E-state index in [4.69, 9.17) is 0 Å². The molecule has 3 aromatic rings. The van der Waals surface area contributed by atoms with Crippen LogP contribution in [0.1, 0.15) is 53.6 Å². The zero-order chi connectivity index (χ0) is 21.7. The summed E-state index contributed by atoms with van der Waals surface area (Å²) in [6, 6.07) is 8.70. The van der Waals surface area contributed by atoms with Crippen LogP contribution in [0.4, 0.5) is 4.79 Å². The molecule has 6 nitrogen and oxygen atoms in total. The zero-order valence-electron chi connectivity index (χ0n) is 18.7. The Hall–Kier alpha value is -2.89. The molecule has 3 rings (SSSR count). The fourth-order valence-electron chi connectivity index (χ4n) is 3.67. The third kappa shape index (κ3) is 4.81. The van der Waals surface area contributed by atoms with E-state index < -0.39 is 0 Å². The average molecular weight is 410 g/mol. The number of aromatic amines is 1. The minimum Gasteiger partial charge on any atom is -0.338 e.